The maximum Gasteiger partial charge on any atom is 0.159 e. The van der Waals surface area contributed by atoms with Crippen molar-refractivity contribution in [1.29, 1.82) is 0 Å². The number of hydrogen-bond acceptors (Lipinski definition) is 3. The summed E-state index contributed by atoms with van der Waals surface area (Å²) in [5.74, 6) is 0.784. The largest absolute Gasteiger partial charge is 0.463 e. The fourth-order valence-electron chi connectivity index (χ4n) is 2.51. The summed E-state index contributed by atoms with van der Waals surface area (Å²) in [6, 6.07) is 5.91. The molecule has 104 valence electrons. The Morgan fingerprint density at radius 2 is 1.95 bits per heavy atom. The number of hydrogen-bond donors (Lipinski definition) is 0. The van der Waals surface area contributed by atoms with Crippen LogP contribution in [0.1, 0.15) is 32.0 Å². The highest BCUT2D eigenvalue weighted by molar-refractivity contribution is 5.92. The minimum atomic E-state index is -0.129. The number of rotatable bonds is 1. The molecule has 0 atom stereocenters. The van der Waals surface area contributed by atoms with Crippen molar-refractivity contribution in [3.63, 3.8) is 0 Å². The molecule has 0 N–H and O–H groups in total. The van der Waals surface area contributed by atoms with Crippen LogP contribution in [0.2, 0.25) is 0 Å². The first-order valence-corrected chi connectivity index (χ1v) is 6.79. The molecule has 0 bridgehead atoms. The molecule has 0 aliphatic rings. The Labute approximate surface area is 118 Å². The van der Waals surface area contributed by atoms with Gasteiger partial charge in [-0.05, 0) is 58.4 Å². The van der Waals surface area contributed by atoms with Crippen molar-refractivity contribution in [2.24, 2.45) is 0 Å². The van der Waals surface area contributed by atoms with E-state index in [9.17, 15) is 0 Å². The molecule has 0 saturated carbocycles. The summed E-state index contributed by atoms with van der Waals surface area (Å²) < 4.78 is 7.52. The Hall–Kier alpha value is -2.10. The Morgan fingerprint density at radius 3 is 2.55 bits per heavy atom. The van der Waals surface area contributed by atoms with Crippen LogP contribution in [0.3, 0.4) is 0 Å². The zero-order chi connectivity index (χ0) is 14.5. The van der Waals surface area contributed by atoms with E-state index in [0.717, 1.165) is 28.2 Å². The van der Waals surface area contributed by atoms with Crippen molar-refractivity contribution in [3.8, 4) is 11.5 Å². The molecule has 0 radical (unpaired) electrons. The van der Waals surface area contributed by atoms with Gasteiger partial charge in [-0.15, -0.1) is 0 Å². The van der Waals surface area contributed by atoms with Crippen molar-refractivity contribution in [1.82, 2.24) is 14.8 Å². The summed E-state index contributed by atoms with van der Waals surface area (Å²) in [4.78, 5) is 4.69. The topological polar surface area (TPSA) is 43.9 Å². The molecular weight excluding hydrogens is 250 g/mol. The number of nitrogens with zero attached hydrogens (tertiary/aromatic N) is 3. The lowest BCUT2D eigenvalue weighted by Gasteiger charge is -2.19. The van der Waals surface area contributed by atoms with E-state index in [0.29, 0.717) is 0 Å². The third-order valence-corrected chi connectivity index (χ3v) is 3.35. The maximum atomic E-state index is 5.54. The summed E-state index contributed by atoms with van der Waals surface area (Å²) in [5, 5.41) is 5.84. The molecule has 0 aromatic carbocycles. The molecule has 0 aliphatic heterocycles. The predicted octanol–water partition coefficient (Wildman–Crippen LogP) is 4.06. The third-order valence-electron chi connectivity index (χ3n) is 3.35. The highest BCUT2D eigenvalue weighted by Gasteiger charge is 2.24. The fourth-order valence-corrected chi connectivity index (χ4v) is 2.51. The van der Waals surface area contributed by atoms with Crippen molar-refractivity contribution < 1.29 is 4.42 Å². The summed E-state index contributed by atoms with van der Waals surface area (Å²) in [6.45, 7) is 10.5. The van der Waals surface area contributed by atoms with Gasteiger partial charge in [0.15, 0.2) is 11.4 Å². The highest BCUT2D eigenvalue weighted by atomic mass is 16.3. The van der Waals surface area contributed by atoms with Crippen LogP contribution in [0.15, 0.2) is 28.9 Å². The standard InChI is InChI=1S/C16H19N3O/c1-10-9-11(2)17-15-13(10)14(12-7-6-8-20-12)18-19(15)16(3,4)5/h6-9H,1-5H3. The smallest absolute Gasteiger partial charge is 0.159 e. The number of aryl methyl sites for hydroxylation is 2. The molecule has 4 heteroatoms. The van der Waals surface area contributed by atoms with Gasteiger partial charge in [0.2, 0.25) is 0 Å². The van der Waals surface area contributed by atoms with Crippen LogP contribution in [0.25, 0.3) is 22.5 Å². The normalized spacial score (nSPS) is 12.2. The van der Waals surface area contributed by atoms with Crippen LogP contribution in [0.4, 0.5) is 0 Å². The summed E-state index contributed by atoms with van der Waals surface area (Å²) >= 11 is 0. The molecule has 3 heterocycles. The molecule has 0 unspecified atom stereocenters. The molecule has 0 aliphatic carbocycles. The van der Waals surface area contributed by atoms with Gasteiger partial charge in [0.05, 0.1) is 17.2 Å². The number of aromatic nitrogens is 3. The van der Waals surface area contributed by atoms with E-state index in [4.69, 9.17) is 14.5 Å². The van der Waals surface area contributed by atoms with Crippen molar-refractivity contribution in [2.45, 2.75) is 40.2 Å². The van der Waals surface area contributed by atoms with Crippen LogP contribution < -0.4 is 0 Å². The molecule has 3 rings (SSSR count). The zero-order valence-electron chi connectivity index (χ0n) is 12.6. The van der Waals surface area contributed by atoms with E-state index < -0.39 is 0 Å². The lowest BCUT2D eigenvalue weighted by Crippen LogP contribution is -2.23. The van der Waals surface area contributed by atoms with Gasteiger partial charge >= 0.3 is 0 Å². The summed E-state index contributed by atoms with van der Waals surface area (Å²) in [6.07, 6.45) is 1.67. The highest BCUT2D eigenvalue weighted by Crippen LogP contribution is 2.32. The molecule has 0 saturated heterocycles. The van der Waals surface area contributed by atoms with Crippen LogP contribution in [-0.4, -0.2) is 14.8 Å². The minimum absolute atomic E-state index is 0.129. The molecule has 3 aromatic rings. The van der Waals surface area contributed by atoms with E-state index in [-0.39, 0.29) is 5.54 Å². The Bertz CT molecular complexity index is 761. The van der Waals surface area contributed by atoms with Gasteiger partial charge in [0, 0.05) is 5.69 Å². The van der Waals surface area contributed by atoms with Gasteiger partial charge in [0.25, 0.3) is 0 Å². The quantitative estimate of drug-likeness (QED) is 0.669. The molecule has 0 amide bonds. The van der Waals surface area contributed by atoms with Crippen LogP contribution in [-0.2, 0) is 5.54 Å². The number of pyridine rings is 1. The van der Waals surface area contributed by atoms with Gasteiger partial charge < -0.3 is 4.42 Å². The second-order valence-corrected chi connectivity index (χ2v) is 6.19. The van der Waals surface area contributed by atoms with Crippen LogP contribution >= 0.6 is 0 Å². The first-order valence-electron chi connectivity index (χ1n) is 6.79. The molecule has 0 spiro atoms. The van der Waals surface area contributed by atoms with E-state index in [2.05, 4.69) is 33.8 Å². The first kappa shape index (κ1) is 12.9. The average Bonchev–Trinajstić information content (AvgIpc) is 2.92. The number of fused-ring (bicyclic) bond motifs is 1. The average molecular weight is 269 g/mol. The Kier molecular flexibility index (Phi) is 2.71. The van der Waals surface area contributed by atoms with E-state index in [1.165, 1.54) is 5.56 Å². The fraction of sp³-hybridized carbons (Fsp3) is 0.375. The minimum Gasteiger partial charge on any atom is -0.463 e. The van der Waals surface area contributed by atoms with Crippen molar-refractivity contribution in [2.75, 3.05) is 0 Å². The lowest BCUT2D eigenvalue weighted by molar-refractivity contribution is 0.366. The number of furan rings is 1. The van der Waals surface area contributed by atoms with Crippen LogP contribution in [0.5, 0.6) is 0 Å². The lowest BCUT2D eigenvalue weighted by atomic mass is 10.1. The summed E-state index contributed by atoms with van der Waals surface area (Å²) in [7, 11) is 0. The zero-order valence-corrected chi connectivity index (χ0v) is 12.6. The van der Waals surface area contributed by atoms with Crippen molar-refractivity contribution >= 4 is 11.0 Å². The monoisotopic (exact) mass is 269 g/mol. The van der Waals surface area contributed by atoms with E-state index in [1.807, 2.05) is 23.7 Å². The van der Waals surface area contributed by atoms with Gasteiger partial charge in [0.1, 0.15) is 5.69 Å². The SMILES string of the molecule is Cc1cc(C)c2c(-c3ccco3)nn(C(C)(C)C)c2n1. The predicted molar refractivity (Wildman–Crippen MR) is 79.7 cm³/mol. The molecule has 0 fully saturated rings. The first-order chi connectivity index (χ1) is 9.38. The van der Waals surface area contributed by atoms with Gasteiger partial charge in [-0.3, -0.25) is 0 Å². The van der Waals surface area contributed by atoms with Crippen LogP contribution in [0, 0.1) is 13.8 Å². The second-order valence-electron chi connectivity index (χ2n) is 6.19. The summed E-state index contributed by atoms with van der Waals surface area (Å²) in [5.41, 5.74) is 3.84. The van der Waals surface area contributed by atoms with Gasteiger partial charge in [-0.25, -0.2) is 9.67 Å². The van der Waals surface area contributed by atoms with Gasteiger partial charge in [-0.1, -0.05) is 0 Å². The molecule has 3 aromatic heterocycles. The van der Waals surface area contributed by atoms with Crippen molar-refractivity contribution in [3.05, 3.63) is 35.7 Å². The third kappa shape index (κ3) is 1.92. The Balaban J connectivity index is 2.43. The molecule has 20 heavy (non-hydrogen) atoms. The van der Waals surface area contributed by atoms with E-state index in [1.54, 1.807) is 6.26 Å². The maximum absolute atomic E-state index is 5.54. The Morgan fingerprint density at radius 1 is 1.20 bits per heavy atom. The molecular formula is C16H19N3O. The molecule has 4 nitrogen and oxygen atoms in total. The van der Waals surface area contributed by atoms with E-state index >= 15 is 0 Å². The second kappa shape index (κ2) is 4.20. The van der Waals surface area contributed by atoms with Gasteiger partial charge in [-0.2, -0.15) is 5.10 Å².